The van der Waals surface area contributed by atoms with E-state index in [0.717, 1.165) is 50.2 Å². The van der Waals surface area contributed by atoms with Crippen LogP contribution in [0.25, 0.3) is 0 Å². The van der Waals surface area contributed by atoms with E-state index in [1.54, 1.807) is 5.51 Å². The first-order chi connectivity index (χ1) is 13.6. The molecule has 2 aromatic heterocycles. The lowest BCUT2D eigenvalue weighted by atomic mass is 9.71. The van der Waals surface area contributed by atoms with E-state index >= 15 is 0 Å². The maximum Gasteiger partial charge on any atom is 0.314 e. The second kappa shape index (κ2) is 6.65. The zero-order valence-electron chi connectivity index (χ0n) is 15.8. The summed E-state index contributed by atoms with van der Waals surface area (Å²) < 4.78 is 7.18. The molecule has 3 aliphatic heterocycles. The van der Waals surface area contributed by atoms with Gasteiger partial charge in [-0.25, -0.2) is 4.98 Å². The van der Waals surface area contributed by atoms with Crippen molar-refractivity contribution in [1.82, 2.24) is 24.6 Å². The summed E-state index contributed by atoms with van der Waals surface area (Å²) in [6, 6.07) is -0.150. The molecule has 0 spiro atoms. The van der Waals surface area contributed by atoms with Crippen molar-refractivity contribution in [3.63, 3.8) is 0 Å². The normalized spacial score (nSPS) is 28.4. The lowest BCUT2D eigenvalue weighted by molar-refractivity contribution is -0.154. The highest BCUT2D eigenvalue weighted by atomic mass is 32.1. The van der Waals surface area contributed by atoms with Gasteiger partial charge in [0.2, 0.25) is 5.82 Å². The van der Waals surface area contributed by atoms with Crippen LogP contribution < -0.4 is 0 Å². The van der Waals surface area contributed by atoms with Crippen molar-refractivity contribution in [2.75, 3.05) is 7.11 Å². The molecule has 2 saturated heterocycles. The standard InChI is InChI=1S/C19H23N5O3S/c1-27-18(26)19(8-12-10-28-11-20-12)9-13-5-6-14(19)24(13)17(25)16-22-21-15-4-2-3-7-23(15)16/h10-11,13-14H,2-9H2,1H3/t13-,14+,19+/m1/s1. The Bertz CT molecular complexity index is 911. The number of amides is 1. The smallest absolute Gasteiger partial charge is 0.314 e. The molecule has 0 N–H and O–H groups in total. The van der Waals surface area contributed by atoms with Gasteiger partial charge in [0.05, 0.1) is 23.7 Å². The quantitative estimate of drug-likeness (QED) is 0.727. The van der Waals surface area contributed by atoms with E-state index in [1.807, 2.05) is 14.8 Å². The van der Waals surface area contributed by atoms with Crippen LogP contribution in [-0.2, 0) is 28.9 Å². The van der Waals surface area contributed by atoms with Gasteiger partial charge in [0.1, 0.15) is 5.82 Å². The maximum atomic E-state index is 13.5. The minimum Gasteiger partial charge on any atom is -0.469 e. The first kappa shape index (κ1) is 17.8. The van der Waals surface area contributed by atoms with Crippen molar-refractivity contribution in [2.24, 2.45) is 5.41 Å². The third-order valence-electron chi connectivity index (χ3n) is 6.60. The van der Waals surface area contributed by atoms with E-state index in [9.17, 15) is 9.59 Å². The number of fused-ring (bicyclic) bond motifs is 3. The van der Waals surface area contributed by atoms with Gasteiger partial charge in [-0.3, -0.25) is 9.59 Å². The fourth-order valence-electron chi connectivity index (χ4n) is 5.40. The highest BCUT2D eigenvalue weighted by Gasteiger charge is 2.62. The molecule has 3 atom stereocenters. The van der Waals surface area contributed by atoms with Gasteiger partial charge in [0.25, 0.3) is 5.91 Å². The van der Waals surface area contributed by atoms with E-state index in [1.165, 1.54) is 18.4 Å². The molecule has 3 aliphatic rings. The van der Waals surface area contributed by atoms with Crippen LogP contribution in [0.3, 0.4) is 0 Å². The second-order valence-corrected chi connectivity index (χ2v) is 8.74. The van der Waals surface area contributed by atoms with Gasteiger partial charge in [-0.2, -0.15) is 0 Å². The van der Waals surface area contributed by atoms with Crippen molar-refractivity contribution in [3.05, 3.63) is 28.2 Å². The molecule has 8 nitrogen and oxygen atoms in total. The highest BCUT2D eigenvalue weighted by Crippen LogP contribution is 2.52. The molecule has 5 rings (SSSR count). The monoisotopic (exact) mass is 401 g/mol. The van der Waals surface area contributed by atoms with Crippen LogP contribution in [-0.4, -0.2) is 55.7 Å². The van der Waals surface area contributed by atoms with Crippen molar-refractivity contribution in [1.29, 1.82) is 0 Å². The Hall–Kier alpha value is -2.29. The van der Waals surface area contributed by atoms with Crippen LogP contribution >= 0.6 is 11.3 Å². The summed E-state index contributed by atoms with van der Waals surface area (Å²) in [6.45, 7) is 0.785. The van der Waals surface area contributed by atoms with Gasteiger partial charge < -0.3 is 14.2 Å². The van der Waals surface area contributed by atoms with Gasteiger partial charge in [-0.1, -0.05) is 0 Å². The van der Waals surface area contributed by atoms with Gasteiger partial charge in [0.15, 0.2) is 0 Å². The average molecular weight is 401 g/mol. The average Bonchev–Trinajstić information content (AvgIpc) is 3.49. The van der Waals surface area contributed by atoms with Crippen molar-refractivity contribution < 1.29 is 14.3 Å². The predicted molar refractivity (Wildman–Crippen MR) is 101 cm³/mol. The number of aromatic nitrogens is 4. The molecule has 9 heteroatoms. The molecule has 0 saturated carbocycles. The molecule has 0 aromatic carbocycles. The lowest BCUT2D eigenvalue weighted by Gasteiger charge is -2.34. The first-order valence-corrected chi connectivity index (χ1v) is 10.8. The number of hydrogen-bond donors (Lipinski definition) is 0. The van der Waals surface area contributed by atoms with E-state index < -0.39 is 5.41 Å². The van der Waals surface area contributed by atoms with Gasteiger partial charge >= 0.3 is 5.97 Å². The number of methoxy groups -OCH3 is 1. The lowest BCUT2D eigenvalue weighted by Crippen LogP contribution is -2.47. The summed E-state index contributed by atoms with van der Waals surface area (Å²) in [5, 5.41) is 10.4. The van der Waals surface area contributed by atoms with E-state index in [-0.39, 0.29) is 24.0 Å². The van der Waals surface area contributed by atoms with Crippen molar-refractivity contribution in [3.8, 4) is 0 Å². The topological polar surface area (TPSA) is 90.2 Å². The van der Waals surface area contributed by atoms with Crippen molar-refractivity contribution >= 4 is 23.2 Å². The largest absolute Gasteiger partial charge is 0.469 e. The molecule has 148 valence electrons. The Morgan fingerprint density at radius 1 is 1.32 bits per heavy atom. The third-order valence-corrected chi connectivity index (χ3v) is 7.23. The van der Waals surface area contributed by atoms with Crippen LogP contribution in [0.4, 0.5) is 0 Å². The van der Waals surface area contributed by atoms with E-state index in [2.05, 4.69) is 15.2 Å². The summed E-state index contributed by atoms with van der Waals surface area (Å²) >= 11 is 1.52. The number of aryl methyl sites for hydroxylation is 1. The van der Waals surface area contributed by atoms with Crippen LogP contribution in [0.5, 0.6) is 0 Å². The predicted octanol–water partition coefficient (Wildman–Crippen LogP) is 1.85. The number of ether oxygens (including phenoxy) is 1. The number of carbonyl (C=O) groups excluding carboxylic acids is 2. The fourth-order valence-corrected chi connectivity index (χ4v) is 5.96. The number of rotatable bonds is 4. The maximum absolute atomic E-state index is 13.5. The highest BCUT2D eigenvalue weighted by molar-refractivity contribution is 7.07. The zero-order valence-corrected chi connectivity index (χ0v) is 16.7. The Morgan fingerprint density at radius 3 is 3.00 bits per heavy atom. The van der Waals surface area contributed by atoms with E-state index in [4.69, 9.17) is 4.74 Å². The minimum atomic E-state index is -0.730. The summed E-state index contributed by atoms with van der Waals surface area (Å²) in [6.07, 6.45) is 5.82. The SMILES string of the molecule is COC(=O)[C@@]1(Cc2cscn2)C[C@H]2CC[C@@H]1N2C(=O)c1nnc2n1CCCC2. The summed E-state index contributed by atoms with van der Waals surface area (Å²) in [5.41, 5.74) is 1.93. The van der Waals surface area contributed by atoms with Crippen LogP contribution in [0.1, 0.15) is 54.2 Å². The molecule has 2 aromatic rings. The van der Waals surface area contributed by atoms with Crippen LogP contribution in [0.15, 0.2) is 10.9 Å². The van der Waals surface area contributed by atoms with Crippen molar-refractivity contribution in [2.45, 2.75) is 63.6 Å². The van der Waals surface area contributed by atoms with Gasteiger partial charge in [-0.15, -0.1) is 21.5 Å². The number of thiazole rings is 1. The second-order valence-electron chi connectivity index (χ2n) is 8.02. The molecule has 2 bridgehead atoms. The molecular formula is C19H23N5O3S. The molecule has 5 heterocycles. The Morgan fingerprint density at radius 2 is 2.21 bits per heavy atom. The summed E-state index contributed by atoms with van der Waals surface area (Å²) in [4.78, 5) is 32.7. The number of nitrogens with zero attached hydrogens (tertiary/aromatic N) is 5. The first-order valence-electron chi connectivity index (χ1n) is 9.84. The Balaban J connectivity index is 1.49. The zero-order chi connectivity index (χ0) is 19.3. The molecule has 28 heavy (non-hydrogen) atoms. The third kappa shape index (κ3) is 2.52. The molecule has 0 unspecified atom stereocenters. The molecular weight excluding hydrogens is 378 g/mol. The molecule has 0 radical (unpaired) electrons. The molecule has 2 fully saturated rings. The molecule has 1 amide bonds. The van der Waals surface area contributed by atoms with E-state index in [0.29, 0.717) is 18.7 Å². The van der Waals surface area contributed by atoms with Crippen LogP contribution in [0.2, 0.25) is 0 Å². The Labute approximate surface area is 166 Å². The van der Waals surface area contributed by atoms with Gasteiger partial charge in [0, 0.05) is 36.9 Å². The minimum absolute atomic E-state index is 0.0341. The van der Waals surface area contributed by atoms with Gasteiger partial charge in [-0.05, 0) is 32.1 Å². The summed E-state index contributed by atoms with van der Waals surface area (Å²) in [7, 11) is 1.43. The molecule has 0 aliphatic carbocycles. The number of carbonyl (C=O) groups is 2. The fraction of sp³-hybridized carbons (Fsp3) is 0.632. The summed E-state index contributed by atoms with van der Waals surface area (Å²) in [5.74, 6) is 0.967. The van der Waals surface area contributed by atoms with Crippen LogP contribution in [0, 0.1) is 5.41 Å². The number of hydrogen-bond acceptors (Lipinski definition) is 7. The number of esters is 1. The Kier molecular flexibility index (Phi) is 4.22.